The molecule has 3 aromatic rings. The van der Waals surface area contributed by atoms with Gasteiger partial charge in [-0.3, -0.25) is 4.79 Å². The lowest BCUT2D eigenvalue weighted by Crippen LogP contribution is -2.40. The van der Waals surface area contributed by atoms with Crippen LogP contribution >= 0.6 is 11.6 Å². The van der Waals surface area contributed by atoms with E-state index in [2.05, 4.69) is 15.4 Å². The van der Waals surface area contributed by atoms with Crippen molar-refractivity contribution in [2.24, 2.45) is 0 Å². The van der Waals surface area contributed by atoms with Crippen molar-refractivity contribution in [3.8, 4) is 0 Å². The summed E-state index contributed by atoms with van der Waals surface area (Å²) < 4.78 is 46.2. The van der Waals surface area contributed by atoms with Crippen LogP contribution in [0.15, 0.2) is 30.5 Å². The van der Waals surface area contributed by atoms with E-state index in [9.17, 15) is 18.0 Å². The summed E-state index contributed by atoms with van der Waals surface area (Å²) in [6, 6.07) is 4.34. The van der Waals surface area contributed by atoms with Crippen LogP contribution in [0.4, 0.5) is 24.7 Å². The van der Waals surface area contributed by atoms with Gasteiger partial charge in [0, 0.05) is 24.8 Å². The molecule has 1 saturated heterocycles. The van der Waals surface area contributed by atoms with Crippen LogP contribution in [0.1, 0.15) is 34.6 Å². The molecule has 1 aliphatic rings. The smallest absolute Gasteiger partial charge is 0.399 e. The number of ether oxygens (including phenoxy) is 1. The van der Waals surface area contributed by atoms with Crippen molar-refractivity contribution >= 4 is 34.5 Å². The maximum atomic E-state index is 13.2. The standard InChI is InChI=1S/C20H20ClF3N6O2/c1-11(12-6-13(20(22,23)24)8-14(25)7-12)26-18-16-9-15(28-30(16)10-17(21)27-18)19(31)29-2-4-32-5-3-29/h6-11H,2-5,25H2,1H3,(H,26,27)/t11-/m1/s1. The molecule has 12 heteroatoms. The van der Waals surface area contributed by atoms with Crippen LogP contribution in [0.3, 0.4) is 0 Å². The molecule has 2 aromatic heterocycles. The lowest BCUT2D eigenvalue weighted by atomic mass is 10.0. The molecule has 0 unspecified atom stereocenters. The number of nitrogen functional groups attached to an aromatic ring is 1. The third-order valence-electron chi connectivity index (χ3n) is 5.10. The van der Waals surface area contributed by atoms with Gasteiger partial charge in [0.2, 0.25) is 0 Å². The molecule has 0 bridgehead atoms. The van der Waals surface area contributed by atoms with Gasteiger partial charge in [0.05, 0.1) is 31.0 Å². The number of carbonyl (C=O) groups is 1. The highest BCUT2D eigenvalue weighted by molar-refractivity contribution is 6.29. The molecule has 0 aliphatic carbocycles. The zero-order valence-corrected chi connectivity index (χ0v) is 17.7. The maximum Gasteiger partial charge on any atom is 0.416 e. The minimum absolute atomic E-state index is 0.00424. The normalized spacial score (nSPS) is 15.7. The summed E-state index contributed by atoms with van der Waals surface area (Å²) in [5, 5.41) is 7.46. The molecule has 1 fully saturated rings. The van der Waals surface area contributed by atoms with E-state index < -0.39 is 17.8 Å². The minimum Gasteiger partial charge on any atom is -0.399 e. The van der Waals surface area contributed by atoms with E-state index in [1.165, 1.54) is 16.8 Å². The number of fused-ring (bicyclic) bond motifs is 1. The number of anilines is 2. The third kappa shape index (κ3) is 4.58. The second-order valence-corrected chi connectivity index (χ2v) is 7.82. The van der Waals surface area contributed by atoms with Gasteiger partial charge < -0.3 is 20.7 Å². The Kier molecular flexibility index (Phi) is 5.87. The van der Waals surface area contributed by atoms with Gasteiger partial charge in [-0.1, -0.05) is 11.6 Å². The van der Waals surface area contributed by atoms with Crippen molar-refractivity contribution in [2.45, 2.75) is 19.1 Å². The van der Waals surface area contributed by atoms with Gasteiger partial charge in [-0.05, 0) is 30.7 Å². The molecule has 32 heavy (non-hydrogen) atoms. The zero-order valence-electron chi connectivity index (χ0n) is 17.0. The lowest BCUT2D eigenvalue weighted by molar-refractivity contribution is -0.137. The summed E-state index contributed by atoms with van der Waals surface area (Å²) >= 11 is 6.11. The van der Waals surface area contributed by atoms with E-state index in [1.54, 1.807) is 17.9 Å². The van der Waals surface area contributed by atoms with Gasteiger partial charge in [0.15, 0.2) is 11.5 Å². The minimum atomic E-state index is -4.52. The van der Waals surface area contributed by atoms with Crippen molar-refractivity contribution in [3.63, 3.8) is 0 Å². The van der Waals surface area contributed by atoms with Crippen LogP contribution in [0.5, 0.6) is 0 Å². The topological polar surface area (TPSA) is 97.8 Å². The molecule has 1 aliphatic heterocycles. The maximum absolute atomic E-state index is 13.2. The lowest BCUT2D eigenvalue weighted by Gasteiger charge is -2.25. The first-order valence-electron chi connectivity index (χ1n) is 9.79. The Bertz CT molecular complexity index is 1160. The first-order chi connectivity index (χ1) is 15.1. The number of carbonyl (C=O) groups excluding carboxylic acids is 1. The Labute approximate surface area is 186 Å². The van der Waals surface area contributed by atoms with E-state index in [0.717, 1.165) is 12.1 Å². The quantitative estimate of drug-likeness (QED) is 0.567. The summed E-state index contributed by atoms with van der Waals surface area (Å²) in [4.78, 5) is 18.7. The van der Waals surface area contributed by atoms with Gasteiger partial charge in [0.25, 0.3) is 5.91 Å². The Hall–Kier alpha value is -3.05. The number of nitrogens with zero attached hydrogens (tertiary/aromatic N) is 4. The van der Waals surface area contributed by atoms with Crippen LogP contribution in [-0.4, -0.2) is 51.7 Å². The first kappa shape index (κ1) is 22.2. The predicted octanol–water partition coefficient (Wildman–Crippen LogP) is 3.63. The number of hydrogen-bond donors (Lipinski definition) is 2. The van der Waals surface area contributed by atoms with Crippen molar-refractivity contribution in [2.75, 3.05) is 37.4 Å². The molecule has 0 spiro atoms. The van der Waals surface area contributed by atoms with Gasteiger partial charge in [-0.2, -0.15) is 18.3 Å². The third-order valence-corrected chi connectivity index (χ3v) is 5.28. The van der Waals surface area contributed by atoms with Crippen LogP contribution in [0.25, 0.3) is 5.52 Å². The molecule has 1 aromatic carbocycles. The summed E-state index contributed by atoms with van der Waals surface area (Å²) in [6.45, 7) is 3.51. The van der Waals surface area contributed by atoms with Gasteiger partial charge in [-0.25, -0.2) is 9.50 Å². The van der Waals surface area contributed by atoms with E-state index in [1.807, 2.05) is 0 Å². The molecule has 1 atom stereocenters. The van der Waals surface area contributed by atoms with E-state index in [-0.39, 0.29) is 28.3 Å². The zero-order chi connectivity index (χ0) is 23.0. The number of halogens is 4. The number of rotatable bonds is 4. The Morgan fingerprint density at radius 2 is 1.97 bits per heavy atom. The number of aromatic nitrogens is 3. The van der Waals surface area contributed by atoms with E-state index >= 15 is 0 Å². The number of nitrogens with one attached hydrogen (secondary N) is 1. The second kappa shape index (κ2) is 8.47. The Morgan fingerprint density at radius 1 is 1.25 bits per heavy atom. The van der Waals surface area contributed by atoms with Crippen molar-refractivity contribution in [1.29, 1.82) is 0 Å². The molecular formula is C20H20ClF3N6O2. The molecule has 1 amide bonds. The largest absolute Gasteiger partial charge is 0.416 e. The predicted molar refractivity (Wildman–Crippen MR) is 113 cm³/mol. The highest BCUT2D eigenvalue weighted by Gasteiger charge is 2.31. The molecule has 3 N–H and O–H groups in total. The molecule has 3 heterocycles. The molecule has 8 nitrogen and oxygen atoms in total. The van der Waals surface area contributed by atoms with Crippen molar-refractivity contribution in [1.82, 2.24) is 19.5 Å². The first-order valence-corrected chi connectivity index (χ1v) is 10.2. The fraction of sp³-hybridized carbons (Fsp3) is 0.350. The van der Waals surface area contributed by atoms with Crippen LogP contribution in [0, 0.1) is 0 Å². The fourth-order valence-electron chi connectivity index (χ4n) is 3.48. The van der Waals surface area contributed by atoms with Crippen molar-refractivity contribution < 1.29 is 22.7 Å². The SMILES string of the molecule is C[C@@H](Nc1nc(Cl)cn2nc(C(=O)N3CCOCC3)cc12)c1cc(N)cc(C(F)(F)F)c1. The molecular weight excluding hydrogens is 449 g/mol. The highest BCUT2D eigenvalue weighted by atomic mass is 35.5. The number of nitrogens with two attached hydrogens (primary N) is 1. The molecule has 4 rings (SSSR count). The Balaban J connectivity index is 1.65. The van der Waals surface area contributed by atoms with Crippen LogP contribution in [-0.2, 0) is 10.9 Å². The van der Waals surface area contributed by atoms with Crippen molar-refractivity contribution in [3.05, 3.63) is 52.4 Å². The molecule has 170 valence electrons. The Morgan fingerprint density at radius 3 is 2.66 bits per heavy atom. The number of amides is 1. The molecule has 0 saturated carbocycles. The van der Waals surface area contributed by atoms with Crippen LogP contribution in [0.2, 0.25) is 5.15 Å². The highest BCUT2D eigenvalue weighted by Crippen LogP contribution is 2.33. The number of benzene rings is 1. The number of alkyl halides is 3. The van der Waals surface area contributed by atoms with Gasteiger partial charge in [-0.15, -0.1) is 0 Å². The monoisotopic (exact) mass is 468 g/mol. The average molecular weight is 469 g/mol. The average Bonchev–Trinajstić information content (AvgIpc) is 3.17. The van der Waals surface area contributed by atoms with Gasteiger partial charge >= 0.3 is 6.18 Å². The van der Waals surface area contributed by atoms with Gasteiger partial charge in [0.1, 0.15) is 10.7 Å². The number of hydrogen-bond acceptors (Lipinski definition) is 6. The summed E-state index contributed by atoms with van der Waals surface area (Å²) in [7, 11) is 0. The fourth-order valence-corrected chi connectivity index (χ4v) is 3.66. The summed E-state index contributed by atoms with van der Waals surface area (Å²) in [5.41, 5.74) is 5.82. The second-order valence-electron chi connectivity index (χ2n) is 7.43. The molecule has 0 radical (unpaired) electrons. The summed E-state index contributed by atoms with van der Waals surface area (Å²) in [5.74, 6) is 0.0206. The van der Waals surface area contributed by atoms with E-state index in [4.69, 9.17) is 22.1 Å². The van der Waals surface area contributed by atoms with E-state index in [0.29, 0.717) is 37.4 Å². The number of morpholine rings is 1. The summed E-state index contributed by atoms with van der Waals surface area (Å²) in [6.07, 6.45) is -3.07. The van der Waals surface area contributed by atoms with Crippen LogP contribution < -0.4 is 11.1 Å².